The van der Waals surface area contributed by atoms with Crippen LogP contribution < -0.4 is 21.3 Å². The lowest BCUT2D eigenvalue weighted by atomic mass is 9.87. The molecule has 3 aliphatic rings. The number of carbonyl (C=O) groups excluding carboxylic acids is 1. The highest BCUT2D eigenvalue weighted by Gasteiger charge is 2.46. The van der Waals surface area contributed by atoms with Crippen LogP contribution in [0.15, 0.2) is 6.07 Å². The topological polar surface area (TPSA) is 70.4 Å². The summed E-state index contributed by atoms with van der Waals surface area (Å²) >= 11 is 0. The Kier molecular flexibility index (Phi) is 4.49. The fraction of sp³-hybridized carbons (Fsp3) is 0.667. The summed E-state index contributed by atoms with van der Waals surface area (Å²) in [7, 11) is 1.90. The molecular weight excluding hydrogens is 324 g/mol. The number of rotatable bonds is 4. The molecule has 0 bridgehead atoms. The van der Waals surface area contributed by atoms with Gasteiger partial charge in [0.1, 0.15) is 0 Å². The predicted octanol–water partition coefficient (Wildman–Crippen LogP) is 3.38. The van der Waals surface area contributed by atoms with Gasteiger partial charge in [-0.25, -0.2) is 0 Å². The monoisotopic (exact) mass is 356 g/mol. The van der Waals surface area contributed by atoms with Crippen molar-refractivity contribution < 1.29 is 4.79 Å². The highest BCUT2D eigenvalue weighted by molar-refractivity contribution is 6.03. The Bertz CT molecular complexity index is 698. The number of hydrogen-bond donors (Lipinski definition) is 3. The Labute approximate surface area is 156 Å². The maximum Gasteiger partial charge on any atom is 0.253 e. The van der Waals surface area contributed by atoms with E-state index in [1.54, 1.807) is 0 Å². The third-order valence-electron chi connectivity index (χ3n) is 6.71. The van der Waals surface area contributed by atoms with Gasteiger partial charge >= 0.3 is 0 Å². The number of fused-ring (bicyclic) bond motifs is 1. The Morgan fingerprint density at radius 3 is 2.46 bits per heavy atom. The number of nitrogens with two attached hydrogens (primary N) is 1. The Hall–Kier alpha value is -1.91. The molecule has 1 amide bonds. The van der Waals surface area contributed by atoms with E-state index in [2.05, 4.69) is 29.4 Å². The van der Waals surface area contributed by atoms with Crippen LogP contribution in [0.5, 0.6) is 0 Å². The average Bonchev–Trinajstić information content (AvgIpc) is 3.22. The molecule has 1 aliphatic heterocycles. The van der Waals surface area contributed by atoms with Crippen molar-refractivity contribution in [2.24, 2.45) is 17.8 Å². The molecule has 5 nitrogen and oxygen atoms in total. The molecule has 1 heterocycles. The standard InChI is InChI=1S/C21H32N4O/c1-12-4-6-16(7-5-12)24-21(26)17-9-18(22)19(23-3)13(2)20(17)25-10-14-8-15(14)11-25/h9,12,14-16,23H,4-8,10-11,22H2,1-3H3,(H,24,26)/t12-,14?,15?,16-. The minimum absolute atomic E-state index is 0.0394. The van der Waals surface area contributed by atoms with Gasteiger partial charge in [-0.15, -0.1) is 0 Å². The third-order valence-corrected chi connectivity index (χ3v) is 6.71. The maximum absolute atomic E-state index is 13.2. The fourth-order valence-electron chi connectivity index (χ4n) is 4.99. The second kappa shape index (κ2) is 6.67. The summed E-state index contributed by atoms with van der Waals surface area (Å²) in [6.07, 6.45) is 5.92. The summed E-state index contributed by atoms with van der Waals surface area (Å²) in [5.41, 5.74) is 10.8. The van der Waals surface area contributed by atoms with Crippen molar-refractivity contribution in [2.75, 3.05) is 36.1 Å². The fourth-order valence-corrected chi connectivity index (χ4v) is 4.99. The van der Waals surface area contributed by atoms with E-state index >= 15 is 0 Å². The highest BCUT2D eigenvalue weighted by atomic mass is 16.1. The van der Waals surface area contributed by atoms with E-state index in [0.29, 0.717) is 11.7 Å². The van der Waals surface area contributed by atoms with Crippen LogP contribution in [0.3, 0.4) is 0 Å². The van der Waals surface area contributed by atoms with Gasteiger partial charge in [-0.1, -0.05) is 6.92 Å². The van der Waals surface area contributed by atoms with Crippen molar-refractivity contribution in [2.45, 2.75) is 52.0 Å². The minimum Gasteiger partial charge on any atom is -0.397 e. The summed E-state index contributed by atoms with van der Waals surface area (Å²) in [6.45, 7) is 6.52. The van der Waals surface area contributed by atoms with E-state index in [4.69, 9.17) is 5.73 Å². The van der Waals surface area contributed by atoms with Crippen molar-refractivity contribution >= 4 is 23.0 Å². The Morgan fingerprint density at radius 2 is 1.85 bits per heavy atom. The first-order chi connectivity index (χ1) is 12.5. The molecule has 0 radical (unpaired) electrons. The SMILES string of the molecule is CNc1c(N)cc(C(=O)N[C@H]2CC[C@H](C)CC2)c(N2CC3CC3C2)c1C. The number of nitrogens with one attached hydrogen (secondary N) is 2. The summed E-state index contributed by atoms with van der Waals surface area (Å²) in [5.74, 6) is 2.46. The van der Waals surface area contributed by atoms with Gasteiger partial charge < -0.3 is 21.3 Å². The summed E-state index contributed by atoms with van der Waals surface area (Å²) in [6, 6.07) is 2.17. The van der Waals surface area contributed by atoms with E-state index < -0.39 is 0 Å². The van der Waals surface area contributed by atoms with Crippen molar-refractivity contribution in [1.82, 2.24) is 5.32 Å². The first-order valence-electron chi connectivity index (χ1n) is 10.1. The van der Waals surface area contributed by atoms with Crippen molar-refractivity contribution in [3.63, 3.8) is 0 Å². The quantitative estimate of drug-likeness (QED) is 0.723. The van der Waals surface area contributed by atoms with Crippen LogP contribution in [-0.4, -0.2) is 32.1 Å². The lowest BCUT2D eigenvalue weighted by Gasteiger charge is -2.30. The normalized spacial score (nSPS) is 30.0. The molecule has 0 aromatic heterocycles. The van der Waals surface area contributed by atoms with Gasteiger partial charge in [0, 0.05) is 26.2 Å². The molecule has 1 saturated heterocycles. The number of benzene rings is 1. The van der Waals surface area contributed by atoms with E-state index in [1.165, 1.54) is 19.3 Å². The van der Waals surface area contributed by atoms with Crippen LogP contribution in [0.4, 0.5) is 17.1 Å². The molecule has 4 N–H and O–H groups in total. The summed E-state index contributed by atoms with van der Waals surface area (Å²) in [4.78, 5) is 15.6. The average molecular weight is 357 g/mol. The zero-order valence-electron chi connectivity index (χ0n) is 16.3. The molecule has 0 spiro atoms. The largest absolute Gasteiger partial charge is 0.397 e. The summed E-state index contributed by atoms with van der Waals surface area (Å²) < 4.78 is 0. The summed E-state index contributed by atoms with van der Waals surface area (Å²) in [5, 5.41) is 6.51. The highest BCUT2D eigenvalue weighted by Crippen LogP contribution is 2.48. The van der Waals surface area contributed by atoms with Crippen LogP contribution >= 0.6 is 0 Å². The molecular formula is C21H32N4O. The van der Waals surface area contributed by atoms with Gasteiger partial charge in [-0.2, -0.15) is 0 Å². The lowest BCUT2D eigenvalue weighted by Crippen LogP contribution is -2.38. The molecule has 1 aromatic rings. The number of hydrogen-bond acceptors (Lipinski definition) is 4. The molecule has 2 unspecified atom stereocenters. The third kappa shape index (κ3) is 3.12. The molecule has 1 aromatic carbocycles. The van der Waals surface area contributed by atoms with Crippen LogP contribution in [-0.2, 0) is 0 Å². The lowest BCUT2D eigenvalue weighted by molar-refractivity contribution is 0.0923. The minimum atomic E-state index is 0.0394. The zero-order chi connectivity index (χ0) is 18.4. The number of piperidine rings is 1. The van der Waals surface area contributed by atoms with Crippen molar-refractivity contribution in [3.8, 4) is 0 Å². The number of amides is 1. The smallest absolute Gasteiger partial charge is 0.253 e. The van der Waals surface area contributed by atoms with Gasteiger partial charge in [0.2, 0.25) is 0 Å². The molecule has 26 heavy (non-hydrogen) atoms. The molecule has 2 atom stereocenters. The van der Waals surface area contributed by atoms with E-state index in [1.807, 2.05) is 13.1 Å². The zero-order valence-corrected chi connectivity index (χ0v) is 16.3. The second-order valence-corrected chi connectivity index (χ2v) is 8.70. The second-order valence-electron chi connectivity index (χ2n) is 8.70. The van der Waals surface area contributed by atoms with Gasteiger partial charge in [-0.05, 0) is 68.4 Å². The number of carbonyl (C=O) groups is 1. The molecule has 5 heteroatoms. The molecule has 142 valence electrons. The van der Waals surface area contributed by atoms with Crippen molar-refractivity contribution in [1.29, 1.82) is 0 Å². The van der Waals surface area contributed by atoms with Crippen LogP contribution in [0.1, 0.15) is 54.9 Å². The molecule has 2 saturated carbocycles. The number of nitrogens with zero attached hydrogens (tertiary/aromatic N) is 1. The van der Waals surface area contributed by atoms with Gasteiger partial charge in [-0.3, -0.25) is 4.79 Å². The predicted molar refractivity (Wildman–Crippen MR) is 108 cm³/mol. The van der Waals surface area contributed by atoms with Crippen LogP contribution in [0, 0.1) is 24.7 Å². The molecule has 3 fully saturated rings. The Balaban J connectivity index is 1.62. The van der Waals surface area contributed by atoms with Crippen LogP contribution in [0.2, 0.25) is 0 Å². The van der Waals surface area contributed by atoms with E-state index in [9.17, 15) is 4.79 Å². The van der Waals surface area contributed by atoms with Crippen LogP contribution in [0.25, 0.3) is 0 Å². The van der Waals surface area contributed by atoms with Gasteiger partial charge in [0.15, 0.2) is 0 Å². The number of anilines is 3. The van der Waals surface area contributed by atoms with Gasteiger partial charge in [0.05, 0.1) is 22.6 Å². The van der Waals surface area contributed by atoms with E-state index in [-0.39, 0.29) is 5.91 Å². The van der Waals surface area contributed by atoms with Gasteiger partial charge in [0.25, 0.3) is 5.91 Å². The maximum atomic E-state index is 13.2. The Morgan fingerprint density at radius 1 is 1.19 bits per heavy atom. The molecule has 2 aliphatic carbocycles. The van der Waals surface area contributed by atoms with E-state index in [0.717, 1.165) is 66.2 Å². The number of nitrogen functional groups attached to an aromatic ring is 1. The first kappa shape index (κ1) is 17.5. The molecule has 4 rings (SSSR count). The first-order valence-corrected chi connectivity index (χ1v) is 10.1. The van der Waals surface area contributed by atoms with Crippen molar-refractivity contribution in [3.05, 3.63) is 17.2 Å².